The molecule has 0 amide bonds. The molecular formula is C9H3Cl2N3O3. The predicted molar refractivity (Wildman–Crippen MR) is 58.3 cm³/mol. The molecule has 6 nitrogen and oxygen atoms in total. The van der Waals surface area contributed by atoms with Gasteiger partial charge in [-0.05, 0) is 0 Å². The van der Waals surface area contributed by atoms with E-state index in [0.717, 1.165) is 12.1 Å². The van der Waals surface area contributed by atoms with E-state index in [4.69, 9.17) is 28.5 Å². The molecule has 0 spiro atoms. The lowest BCUT2D eigenvalue weighted by molar-refractivity contribution is -0.636. The highest BCUT2D eigenvalue weighted by atomic mass is 35.5. The Hall–Kier alpha value is -1.97. The van der Waals surface area contributed by atoms with Crippen molar-refractivity contribution in [1.82, 2.24) is 0 Å². The maximum absolute atomic E-state index is 11.7. The molecule has 0 aliphatic heterocycles. The molecule has 2 rings (SSSR count). The van der Waals surface area contributed by atoms with Gasteiger partial charge in [0.15, 0.2) is 6.07 Å². The summed E-state index contributed by atoms with van der Waals surface area (Å²) in [4.78, 5) is 0. The number of fused-ring (bicyclic) bond motifs is 1. The number of aromatic nitrogens is 2. The van der Waals surface area contributed by atoms with Gasteiger partial charge in [0, 0.05) is 12.1 Å². The largest absolute Gasteiger partial charge is 0.617 e. The van der Waals surface area contributed by atoms with Gasteiger partial charge >= 0.3 is 11.6 Å². The highest BCUT2D eigenvalue weighted by molar-refractivity contribution is 6.42. The van der Waals surface area contributed by atoms with Crippen molar-refractivity contribution in [2.24, 2.45) is 0 Å². The zero-order valence-corrected chi connectivity index (χ0v) is 9.53. The predicted octanol–water partition coefficient (Wildman–Crippen LogP) is 0.991. The number of rotatable bonds is 0. The standard InChI is InChI=1S/C9H3Cl2N3O3/c10-4-1-6-7(2-5(4)11)14(17)9(15)8(3-12)13(6)16/h1-2,15H. The first-order valence-electron chi connectivity index (χ1n) is 4.24. The Balaban J connectivity index is 3.05. The molecule has 0 aliphatic rings. The molecule has 0 saturated heterocycles. The average Bonchev–Trinajstić information content (AvgIpc) is 2.30. The third-order valence-electron chi connectivity index (χ3n) is 2.17. The van der Waals surface area contributed by atoms with Crippen LogP contribution >= 0.6 is 23.2 Å². The molecule has 0 unspecified atom stereocenters. The van der Waals surface area contributed by atoms with Gasteiger partial charge in [-0.15, -0.1) is 9.46 Å². The van der Waals surface area contributed by atoms with Gasteiger partial charge in [-0.25, -0.2) is 0 Å². The number of nitrogens with zero attached hydrogens (tertiary/aromatic N) is 3. The minimum Gasteiger partial charge on any atom is -0.617 e. The Kier molecular flexibility index (Phi) is 2.58. The van der Waals surface area contributed by atoms with E-state index in [9.17, 15) is 15.5 Å². The summed E-state index contributed by atoms with van der Waals surface area (Å²) in [6.45, 7) is 0. The van der Waals surface area contributed by atoms with Crippen LogP contribution in [-0.2, 0) is 0 Å². The molecule has 0 radical (unpaired) electrons. The summed E-state index contributed by atoms with van der Waals surface area (Å²) in [5.74, 6) is -0.978. The topological polar surface area (TPSA) is 97.9 Å². The van der Waals surface area contributed by atoms with Crippen LogP contribution in [0.2, 0.25) is 10.0 Å². The maximum Gasteiger partial charge on any atom is 0.465 e. The minimum atomic E-state index is -0.978. The van der Waals surface area contributed by atoms with Crippen LogP contribution < -0.4 is 9.46 Å². The van der Waals surface area contributed by atoms with Gasteiger partial charge in [0.1, 0.15) is 0 Å². The maximum atomic E-state index is 11.7. The van der Waals surface area contributed by atoms with Crippen LogP contribution in [0.3, 0.4) is 0 Å². The van der Waals surface area contributed by atoms with Crippen LogP contribution in [0.4, 0.5) is 0 Å². The molecule has 0 aliphatic carbocycles. The fourth-order valence-electron chi connectivity index (χ4n) is 1.37. The molecule has 0 bridgehead atoms. The Bertz CT molecular complexity index is 682. The van der Waals surface area contributed by atoms with Crippen molar-refractivity contribution in [3.8, 4) is 11.9 Å². The van der Waals surface area contributed by atoms with Crippen LogP contribution in [0, 0.1) is 21.7 Å². The zero-order valence-electron chi connectivity index (χ0n) is 8.02. The number of benzene rings is 1. The number of halogens is 2. The minimum absolute atomic E-state index is 0.0461. The van der Waals surface area contributed by atoms with E-state index in [1.54, 1.807) is 0 Å². The third kappa shape index (κ3) is 1.56. The highest BCUT2D eigenvalue weighted by Gasteiger charge is 2.28. The summed E-state index contributed by atoms with van der Waals surface area (Å²) < 4.78 is 0.172. The molecule has 0 atom stereocenters. The summed E-state index contributed by atoms with van der Waals surface area (Å²) in [7, 11) is 0. The summed E-state index contributed by atoms with van der Waals surface area (Å²) in [6.07, 6.45) is 0. The molecule has 0 fully saturated rings. The lowest BCUT2D eigenvalue weighted by Gasteiger charge is -2.06. The van der Waals surface area contributed by atoms with E-state index in [1.807, 2.05) is 0 Å². The molecule has 8 heteroatoms. The Labute approximate surface area is 105 Å². The Morgan fingerprint density at radius 2 is 1.59 bits per heavy atom. The first kappa shape index (κ1) is 11.5. The molecule has 1 aromatic carbocycles. The van der Waals surface area contributed by atoms with E-state index in [0.29, 0.717) is 0 Å². The summed E-state index contributed by atoms with van der Waals surface area (Å²) in [5, 5.41) is 41.4. The Morgan fingerprint density at radius 1 is 1.12 bits per heavy atom. The second-order valence-corrected chi connectivity index (χ2v) is 3.94. The van der Waals surface area contributed by atoms with Gasteiger partial charge in [-0.2, -0.15) is 5.26 Å². The lowest BCUT2D eigenvalue weighted by Crippen LogP contribution is -2.41. The van der Waals surface area contributed by atoms with Crippen molar-refractivity contribution in [3.63, 3.8) is 0 Å². The number of nitriles is 1. The van der Waals surface area contributed by atoms with Gasteiger partial charge in [0.05, 0.1) is 10.0 Å². The van der Waals surface area contributed by atoms with E-state index in [1.165, 1.54) is 6.07 Å². The van der Waals surface area contributed by atoms with Gasteiger partial charge in [-0.1, -0.05) is 23.2 Å². The van der Waals surface area contributed by atoms with Crippen LogP contribution in [0.25, 0.3) is 11.0 Å². The molecule has 0 saturated carbocycles. The van der Waals surface area contributed by atoms with Crippen molar-refractivity contribution in [2.75, 3.05) is 0 Å². The van der Waals surface area contributed by atoms with Gasteiger partial charge < -0.3 is 15.5 Å². The zero-order chi connectivity index (χ0) is 12.7. The normalized spacial score (nSPS) is 10.4. The molecule has 2 aromatic rings. The molecule has 17 heavy (non-hydrogen) atoms. The third-order valence-corrected chi connectivity index (χ3v) is 2.89. The highest BCUT2D eigenvalue weighted by Crippen LogP contribution is 2.25. The first-order valence-corrected chi connectivity index (χ1v) is 5.00. The SMILES string of the molecule is N#Cc1c(O)[n+]([O-])c2cc(Cl)c(Cl)cc2[n+]1[O-]. The van der Waals surface area contributed by atoms with E-state index >= 15 is 0 Å². The lowest BCUT2D eigenvalue weighted by atomic mass is 10.3. The van der Waals surface area contributed by atoms with Crippen molar-refractivity contribution in [3.05, 3.63) is 38.3 Å². The molecule has 1 aromatic heterocycles. The fourth-order valence-corrected chi connectivity index (χ4v) is 1.68. The quantitative estimate of drug-likeness (QED) is 0.571. The van der Waals surface area contributed by atoms with E-state index in [2.05, 4.69) is 0 Å². The van der Waals surface area contributed by atoms with Crippen LogP contribution in [-0.4, -0.2) is 5.11 Å². The summed E-state index contributed by atoms with van der Waals surface area (Å²) in [5.41, 5.74) is -1.03. The van der Waals surface area contributed by atoms with Crippen molar-refractivity contribution < 1.29 is 14.6 Å². The molecule has 1 heterocycles. The van der Waals surface area contributed by atoms with Gasteiger partial charge in [0.25, 0.3) is 11.0 Å². The number of hydrogen-bond acceptors (Lipinski definition) is 4. The number of hydrogen-bond donors (Lipinski definition) is 1. The van der Waals surface area contributed by atoms with Crippen molar-refractivity contribution in [2.45, 2.75) is 0 Å². The Morgan fingerprint density at radius 3 is 2.06 bits per heavy atom. The summed E-state index contributed by atoms with van der Waals surface area (Å²) >= 11 is 11.4. The monoisotopic (exact) mass is 271 g/mol. The van der Waals surface area contributed by atoms with Crippen LogP contribution in [0.1, 0.15) is 5.69 Å². The number of aromatic hydroxyl groups is 1. The molecular weight excluding hydrogens is 269 g/mol. The van der Waals surface area contributed by atoms with Crippen LogP contribution in [0.5, 0.6) is 5.88 Å². The van der Waals surface area contributed by atoms with Crippen LogP contribution in [0.15, 0.2) is 12.1 Å². The first-order chi connectivity index (χ1) is 7.97. The second-order valence-electron chi connectivity index (χ2n) is 3.13. The second kappa shape index (κ2) is 3.80. The van der Waals surface area contributed by atoms with E-state index in [-0.39, 0.29) is 30.5 Å². The fraction of sp³-hybridized carbons (Fsp3) is 0. The molecule has 1 N–H and O–H groups in total. The van der Waals surface area contributed by atoms with Crippen molar-refractivity contribution >= 4 is 34.2 Å². The van der Waals surface area contributed by atoms with Crippen molar-refractivity contribution in [1.29, 1.82) is 5.26 Å². The summed E-state index contributed by atoms with van der Waals surface area (Å²) in [6, 6.07) is 3.73. The average molecular weight is 272 g/mol. The van der Waals surface area contributed by atoms with Gasteiger partial charge in [-0.3, -0.25) is 0 Å². The molecule has 86 valence electrons. The van der Waals surface area contributed by atoms with Gasteiger partial charge in [0.2, 0.25) is 0 Å². The smallest absolute Gasteiger partial charge is 0.465 e. The van der Waals surface area contributed by atoms with E-state index < -0.39 is 11.6 Å².